The molecule has 1 aliphatic rings. The summed E-state index contributed by atoms with van der Waals surface area (Å²) in [4.78, 5) is 10.9. The number of halogens is 1. The fourth-order valence-electron chi connectivity index (χ4n) is 1.63. The van der Waals surface area contributed by atoms with Crippen molar-refractivity contribution in [2.45, 2.75) is 37.2 Å². The van der Waals surface area contributed by atoms with Crippen LogP contribution < -0.4 is 4.74 Å². The first-order valence-electron chi connectivity index (χ1n) is 5.56. The van der Waals surface area contributed by atoms with Crippen molar-refractivity contribution in [1.82, 2.24) is 0 Å². The number of carboxylic acid groups (broad SMARTS) is 1. The van der Waals surface area contributed by atoms with Crippen molar-refractivity contribution in [1.29, 1.82) is 0 Å². The van der Waals surface area contributed by atoms with Crippen molar-refractivity contribution in [3.8, 4) is 5.75 Å². The first kappa shape index (κ1) is 12.2. The average Bonchev–Trinajstić information content (AvgIpc) is 2.96. The number of alkyl halides is 1. The van der Waals surface area contributed by atoms with Gasteiger partial charge in [-0.2, -0.15) is 0 Å². The Morgan fingerprint density at radius 1 is 1.41 bits per heavy atom. The molecule has 0 radical (unpaired) electrons. The van der Waals surface area contributed by atoms with E-state index in [4.69, 9.17) is 21.4 Å². The van der Waals surface area contributed by atoms with Crippen LogP contribution >= 0.6 is 11.6 Å². The van der Waals surface area contributed by atoms with E-state index in [1.54, 1.807) is 12.1 Å². The molecule has 0 heterocycles. The minimum Gasteiger partial charge on any atom is -0.478 e. The van der Waals surface area contributed by atoms with Crippen LogP contribution in [0.4, 0.5) is 0 Å². The molecule has 0 bridgehead atoms. The molecule has 0 amide bonds. The number of hydrogen-bond acceptors (Lipinski definition) is 2. The second-order valence-electron chi connectivity index (χ2n) is 4.84. The van der Waals surface area contributed by atoms with Gasteiger partial charge in [-0.3, -0.25) is 0 Å². The van der Waals surface area contributed by atoms with Crippen LogP contribution in [0.15, 0.2) is 24.3 Å². The highest BCUT2D eigenvalue weighted by atomic mass is 35.5. The summed E-state index contributed by atoms with van der Waals surface area (Å²) in [7, 11) is 0. The molecule has 1 saturated carbocycles. The Balaban J connectivity index is 2.06. The molecule has 0 unspecified atom stereocenters. The first-order valence-corrected chi connectivity index (χ1v) is 6.00. The quantitative estimate of drug-likeness (QED) is 0.840. The predicted octanol–water partition coefficient (Wildman–Crippen LogP) is 3.02. The Morgan fingerprint density at radius 2 is 1.94 bits per heavy atom. The molecule has 1 aromatic carbocycles. The molecule has 0 saturated heterocycles. The molecule has 4 heteroatoms. The van der Waals surface area contributed by atoms with Crippen molar-refractivity contribution < 1.29 is 14.6 Å². The standard InChI is InChI=1S/C13H15ClO3/c1-13(2,12(15)16)17-9-5-3-8(4-6-9)10-7-11(10)14/h3-6,10-11H,7H2,1-2H3,(H,15,16)/t10-,11+/m1/s1. The largest absolute Gasteiger partial charge is 0.478 e. The Morgan fingerprint density at radius 3 is 2.35 bits per heavy atom. The van der Waals surface area contributed by atoms with E-state index in [1.807, 2.05) is 12.1 Å². The highest BCUT2D eigenvalue weighted by Gasteiger charge is 2.36. The highest BCUT2D eigenvalue weighted by molar-refractivity contribution is 6.23. The van der Waals surface area contributed by atoms with E-state index in [2.05, 4.69) is 0 Å². The highest BCUT2D eigenvalue weighted by Crippen LogP contribution is 2.45. The summed E-state index contributed by atoms with van der Waals surface area (Å²) in [6, 6.07) is 7.48. The van der Waals surface area contributed by atoms with Crippen LogP contribution in [0.1, 0.15) is 31.7 Å². The van der Waals surface area contributed by atoms with Crippen LogP contribution in [0.25, 0.3) is 0 Å². The van der Waals surface area contributed by atoms with Crippen molar-refractivity contribution in [2.24, 2.45) is 0 Å². The summed E-state index contributed by atoms with van der Waals surface area (Å²) in [5.41, 5.74) is -0.0266. The van der Waals surface area contributed by atoms with Crippen molar-refractivity contribution in [3.05, 3.63) is 29.8 Å². The van der Waals surface area contributed by atoms with Gasteiger partial charge >= 0.3 is 5.97 Å². The average molecular weight is 255 g/mol. The van der Waals surface area contributed by atoms with Gasteiger partial charge in [0.15, 0.2) is 5.60 Å². The van der Waals surface area contributed by atoms with Crippen molar-refractivity contribution >= 4 is 17.6 Å². The zero-order chi connectivity index (χ0) is 12.6. The van der Waals surface area contributed by atoms with E-state index in [1.165, 1.54) is 19.4 Å². The van der Waals surface area contributed by atoms with Crippen molar-refractivity contribution in [2.75, 3.05) is 0 Å². The van der Waals surface area contributed by atoms with Crippen LogP contribution in [0.2, 0.25) is 0 Å². The molecule has 0 spiro atoms. The number of carbonyl (C=O) groups is 1. The molecule has 92 valence electrons. The second-order valence-corrected chi connectivity index (χ2v) is 5.41. The van der Waals surface area contributed by atoms with Crippen LogP contribution in [0, 0.1) is 0 Å². The summed E-state index contributed by atoms with van der Waals surface area (Å²) in [6.45, 7) is 3.05. The Bertz CT molecular complexity index is 425. The Hall–Kier alpha value is -1.22. The topological polar surface area (TPSA) is 46.5 Å². The van der Waals surface area contributed by atoms with E-state index in [0.29, 0.717) is 11.7 Å². The third-order valence-electron chi connectivity index (χ3n) is 2.91. The summed E-state index contributed by atoms with van der Waals surface area (Å²) in [5.74, 6) is 0.0238. The van der Waals surface area contributed by atoms with Gasteiger partial charge in [0.05, 0.1) is 0 Å². The lowest BCUT2D eigenvalue weighted by Crippen LogP contribution is -2.37. The van der Waals surface area contributed by atoms with Gasteiger partial charge < -0.3 is 9.84 Å². The maximum atomic E-state index is 10.9. The lowest BCUT2D eigenvalue weighted by atomic mass is 10.1. The molecule has 1 aliphatic carbocycles. The number of rotatable bonds is 4. The van der Waals surface area contributed by atoms with E-state index < -0.39 is 11.6 Å². The van der Waals surface area contributed by atoms with Gasteiger partial charge in [-0.25, -0.2) is 4.79 Å². The minimum atomic E-state index is -1.21. The number of benzene rings is 1. The number of carboxylic acids is 1. The molecule has 17 heavy (non-hydrogen) atoms. The van der Waals surface area contributed by atoms with Crippen LogP contribution in [0.5, 0.6) is 5.75 Å². The van der Waals surface area contributed by atoms with Gasteiger partial charge in [0, 0.05) is 11.3 Å². The van der Waals surface area contributed by atoms with Crippen molar-refractivity contribution in [3.63, 3.8) is 0 Å². The normalized spacial score (nSPS) is 23.2. The summed E-state index contributed by atoms with van der Waals surface area (Å²) in [6.07, 6.45) is 1.02. The van der Waals surface area contributed by atoms with Crippen LogP contribution in [-0.2, 0) is 4.79 Å². The predicted molar refractivity (Wildman–Crippen MR) is 65.8 cm³/mol. The van der Waals surface area contributed by atoms with E-state index >= 15 is 0 Å². The maximum absolute atomic E-state index is 10.9. The zero-order valence-electron chi connectivity index (χ0n) is 9.81. The Labute approximate surface area is 105 Å². The molecule has 0 aliphatic heterocycles. The van der Waals surface area contributed by atoms with E-state index in [-0.39, 0.29) is 5.38 Å². The van der Waals surface area contributed by atoms with Gasteiger partial charge in [0.1, 0.15) is 5.75 Å². The molecule has 1 N–H and O–H groups in total. The molecule has 1 aromatic rings. The number of ether oxygens (including phenoxy) is 1. The molecular weight excluding hydrogens is 240 g/mol. The molecular formula is C13H15ClO3. The third-order valence-corrected chi connectivity index (χ3v) is 3.39. The Kier molecular flexibility index (Phi) is 3.04. The molecule has 3 nitrogen and oxygen atoms in total. The monoisotopic (exact) mass is 254 g/mol. The third kappa shape index (κ3) is 2.72. The lowest BCUT2D eigenvalue weighted by Gasteiger charge is -2.21. The summed E-state index contributed by atoms with van der Waals surface area (Å²) < 4.78 is 5.41. The van der Waals surface area contributed by atoms with Gasteiger partial charge in [0.25, 0.3) is 0 Å². The maximum Gasteiger partial charge on any atom is 0.347 e. The smallest absolute Gasteiger partial charge is 0.347 e. The minimum absolute atomic E-state index is 0.247. The number of aliphatic carboxylic acids is 1. The van der Waals surface area contributed by atoms with Gasteiger partial charge in [-0.1, -0.05) is 12.1 Å². The molecule has 2 atom stereocenters. The fraction of sp³-hybridized carbons (Fsp3) is 0.462. The molecule has 0 aromatic heterocycles. The summed E-state index contributed by atoms with van der Waals surface area (Å²) in [5, 5.41) is 9.20. The zero-order valence-corrected chi connectivity index (χ0v) is 10.6. The molecule has 1 fully saturated rings. The fourth-order valence-corrected chi connectivity index (χ4v) is 1.97. The van der Waals surface area contributed by atoms with Crippen LogP contribution in [0.3, 0.4) is 0 Å². The summed E-state index contributed by atoms with van der Waals surface area (Å²) >= 11 is 5.97. The van der Waals surface area contributed by atoms with Gasteiger partial charge in [0.2, 0.25) is 0 Å². The number of hydrogen-bond donors (Lipinski definition) is 1. The first-order chi connectivity index (χ1) is 7.90. The lowest BCUT2D eigenvalue weighted by molar-refractivity contribution is -0.152. The van der Waals surface area contributed by atoms with E-state index in [9.17, 15) is 4.79 Å². The van der Waals surface area contributed by atoms with Gasteiger partial charge in [-0.15, -0.1) is 11.6 Å². The van der Waals surface area contributed by atoms with E-state index in [0.717, 1.165) is 6.42 Å². The van der Waals surface area contributed by atoms with Crippen LogP contribution in [-0.4, -0.2) is 22.1 Å². The second kappa shape index (κ2) is 4.22. The molecule has 2 rings (SSSR count). The van der Waals surface area contributed by atoms with Gasteiger partial charge in [-0.05, 0) is 38.0 Å². The SMILES string of the molecule is CC(C)(Oc1ccc([C@H]2C[C@@H]2Cl)cc1)C(=O)O.